The van der Waals surface area contributed by atoms with E-state index < -0.39 is 0 Å². The van der Waals surface area contributed by atoms with Gasteiger partial charge in [0.15, 0.2) is 0 Å². The van der Waals surface area contributed by atoms with Crippen LogP contribution in [0.15, 0.2) is 9.55 Å². The molecule has 0 radical (unpaired) electrons. The molecule has 0 saturated heterocycles. The van der Waals surface area contributed by atoms with Crippen molar-refractivity contribution in [2.24, 2.45) is 9.55 Å². The maximum absolute atomic E-state index is 9.24. The molecule has 42 valence electrons. The van der Waals surface area contributed by atoms with Gasteiger partial charge < -0.3 is 0 Å². The molecule has 0 aliphatic carbocycles. The zero-order chi connectivity index (χ0) is 6.24. The highest BCUT2D eigenvalue weighted by Crippen LogP contribution is 1.99. The molecule has 0 heterocycles. The lowest BCUT2D eigenvalue weighted by molar-refractivity contribution is 0.397. The Morgan fingerprint density at radius 3 is 2.62 bits per heavy atom. The molecule has 0 aliphatic rings. The highest BCUT2D eigenvalue weighted by atomic mass is 32.2. The Bertz CT molecular complexity index is 127. The van der Waals surface area contributed by atoms with Gasteiger partial charge in [-0.05, 0) is 0 Å². The van der Waals surface area contributed by atoms with Gasteiger partial charge in [0.05, 0.1) is 0 Å². The van der Waals surface area contributed by atoms with E-state index in [4.69, 9.17) is 0 Å². The van der Waals surface area contributed by atoms with Crippen LogP contribution in [0.2, 0.25) is 0 Å². The van der Waals surface area contributed by atoms with Crippen molar-refractivity contribution in [3.63, 3.8) is 0 Å². The Morgan fingerprint density at radius 1 is 1.38 bits per heavy atom. The Kier molecular flexibility index (Phi) is 5.10. The second-order valence-corrected chi connectivity index (χ2v) is 0.995. The van der Waals surface area contributed by atoms with Crippen LogP contribution in [0.5, 0.6) is 0 Å². The van der Waals surface area contributed by atoms with Gasteiger partial charge in [-0.3, -0.25) is 4.28 Å². The van der Waals surface area contributed by atoms with Crippen LogP contribution in [0.25, 0.3) is 0 Å². The van der Waals surface area contributed by atoms with Gasteiger partial charge in [-0.15, -0.1) is 0 Å². The summed E-state index contributed by atoms with van der Waals surface area (Å²) in [6.07, 6.45) is 2.22. The van der Waals surface area contributed by atoms with Crippen LogP contribution < -0.4 is 0 Å². The zero-order valence-electron chi connectivity index (χ0n) is 3.53. The maximum Gasteiger partial charge on any atom is 0.278 e. The van der Waals surface area contributed by atoms with Crippen LogP contribution >= 0.6 is 12.2 Å². The molecule has 0 fully saturated rings. The first kappa shape index (κ1) is 6.91. The first-order valence-corrected chi connectivity index (χ1v) is 2.09. The number of rotatable bonds is 3. The normalized spacial score (nSPS) is 6.00. The topological polar surface area (TPSA) is 68.1 Å². The minimum Gasteiger partial charge on any atom is -0.285 e. The Balaban J connectivity index is 3.18. The van der Waals surface area contributed by atoms with Gasteiger partial charge >= 0.3 is 0 Å². The summed E-state index contributed by atoms with van der Waals surface area (Å²) in [6, 6.07) is 0. The summed E-state index contributed by atoms with van der Waals surface area (Å²) in [4.78, 5) is 18.4. The van der Waals surface area contributed by atoms with Crippen molar-refractivity contribution < 1.29 is 13.9 Å². The Labute approximate surface area is 48.8 Å². The van der Waals surface area contributed by atoms with Crippen molar-refractivity contribution in [2.75, 3.05) is 0 Å². The van der Waals surface area contributed by atoms with Crippen LogP contribution in [0.1, 0.15) is 0 Å². The van der Waals surface area contributed by atoms with E-state index in [1.165, 1.54) is 0 Å². The third kappa shape index (κ3) is 4.91. The van der Waals surface area contributed by atoms with Crippen molar-refractivity contribution in [1.29, 1.82) is 0 Å². The summed E-state index contributed by atoms with van der Waals surface area (Å²) in [7, 11) is 0. The summed E-state index contributed by atoms with van der Waals surface area (Å²) >= 11 is 0.350. The minimum absolute atomic E-state index is 0.350. The van der Waals surface area contributed by atoms with Gasteiger partial charge in [-0.2, -0.15) is 0 Å². The molecule has 0 aliphatic heterocycles. The maximum atomic E-state index is 9.24. The number of isocyanates is 2. The molecule has 0 aromatic heterocycles. The fourth-order valence-corrected chi connectivity index (χ4v) is 0.191. The van der Waals surface area contributed by atoms with Gasteiger partial charge in [0.25, 0.3) is 12.2 Å². The van der Waals surface area contributed by atoms with Gasteiger partial charge in [0.2, 0.25) is 12.2 Å². The largest absolute Gasteiger partial charge is 0.285 e. The lowest BCUT2D eigenvalue weighted by Crippen LogP contribution is -1.58. The van der Waals surface area contributed by atoms with E-state index in [0.717, 1.165) is 12.2 Å². The van der Waals surface area contributed by atoms with E-state index in [9.17, 15) is 9.59 Å². The van der Waals surface area contributed by atoms with E-state index in [1.807, 2.05) is 0 Å². The van der Waals surface area contributed by atoms with Crippen molar-refractivity contribution in [2.45, 2.75) is 0 Å². The fraction of sp³-hybridized carbons (Fsp3) is 0. The highest BCUT2D eigenvalue weighted by molar-refractivity contribution is 7.93. The molecule has 0 unspecified atom stereocenters. The van der Waals surface area contributed by atoms with Crippen LogP contribution in [0.4, 0.5) is 0 Å². The van der Waals surface area contributed by atoms with E-state index in [-0.39, 0.29) is 0 Å². The van der Waals surface area contributed by atoms with Gasteiger partial charge in [-0.1, -0.05) is 4.40 Å². The lowest BCUT2D eigenvalue weighted by atomic mass is 11.7. The smallest absolute Gasteiger partial charge is 0.278 e. The van der Waals surface area contributed by atoms with Crippen LogP contribution in [0, 0.1) is 0 Å². The van der Waals surface area contributed by atoms with Crippen LogP contribution in [-0.4, -0.2) is 12.2 Å². The summed E-state index contributed by atoms with van der Waals surface area (Å²) < 4.78 is 6.74. The van der Waals surface area contributed by atoms with E-state index in [1.54, 1.807) is 0 Å². The van der Waals surface area contributed by atoms with Crippen molar-refractivity contribution >= 4 is 24.4 Å². The standard InChI is InChI=1S/C2N2O3S/c5-1-3-7-8-4-2-6. The second kappa shape index (κ2) is 5.91. The molecule has 0 saturated carbocycles. The quantitative estimate of drug-likeness (QED) is 0.137. The molecule has 8 heavy (non-hydrogen) atoms. The third-order valence-corrected chi connectivity index (χ3v) is 0.473. The Hall–Kier alpha value is -1.09. The van der Waals surface area contributed by atoms with Gasteiger partial charge in [-0.25, -0.2) is 9.59 Å². The average Bonchev–Trinajstić information content (AvgIpc) is 1.81. The van der Waals surface area contributed by atoms with Gasteiger partial charge in [0.1, 0.15) is 0 Å². The first-order chi connectivity index (χ1) is 3.91. The van der Waals surface area contributed by atoms with Crippen LogP contribution in [0.3, 0.4) is 0 Å². The summed E-state index contributed by atoms with van der Waals surface area (Å²) in [5.41, 5.74) is 0. The molecule has 0 aromatic rings. The van der Waals surface area contributed by atoms with Gasteiger partial charge in [0, 0.05) is 5.16 Å². The minimum atomic E-state index is 0.350. The third-order valence-electron chi connectivity index (χ3n) is 0.182. The van der Waals surface area contributed by atoms with Crippen molar-refractivity contribution in [3.8, 4) is 0 Å². The predicted molar refractivity (Wildman–Crippen MR) is 24.9 cm³/mol. The molecule has 0 bridgehead atoms. The number of carbonyl (C=O) groups excluding carboxylic acids is 2. The average molecular weight is 132 g/mol. The predicted octanol–water partition coefficient (Wildman–Crippen LogP) is 0.153. The number of hydrogen-bond donors (Lipinski definition) is 0. The molecular formula is C2N2O3S. The fourth-order valence-electron chi connectivity index (χ4n) is 0.0638. The molecule has 0 rings (SSSR count). The second-order valence-electron chi connectivity index (χ2n) is 0.514. The molecule has 0 atom stereocenters. The van der Waals surface area contributed by atoms with Crippen LogP contribution in [-0.2, 0) is 13.9 Å². The lowest BCUT2D eigenvalue weighted by Gasteiger charge is -1.75. The van der Waals surface area contributed by atoms with E-state index in [2.05, 4.69) is 13.8 Å². The molecule has 0 spiro atoms. The highest BCUT2D eigenvalue weighted by Gasteiger charge is 1.74. The monoisotopic (exact) mass is 132 g/mol. The summed E-state index contributed by atoms with van der Waals surface area (Å²) in [5, 5.41) is 2.59. The molecule has 0 N–H and O–H groups in total. The number of hydrogen-bond acceptors (Lipinski definition) is 6. The van der Waals surface area contributed by atoms with E-state index in [0.29, 0.717) is 12.2 Å². The summed E-state index contributed by atoms with van der Waals surface area (Å²) in [6.45, 7) is 0. The van der Waals surface area contributed by atoms with Crippen molar-refractivity contribution in [3.05, 3.63) is 0 Å². The Morgan fingerprint density at radius 2 is 2.12 bits per heavy atom. The SMILES string of the molecule is O=C=NOSN=C=O. The molecule has 5 nitrogen and oxygen atoms in total. The molecule has 6 heteroatoms. The molecular weight excluding hydrogens is 132 g/mol. The van der Waals surface area contributed by atoms with E-state index >= 15 is 0 Å². The number of nitrogens with zero attached hydrogens (tertiary/aromatic N) is 2. The molecule has 0 amide bonds. The first-order valence-electron chi connectivity index (χ1n) is 1.39. The zero-order valence-corrected chi connectivity index (χ0v) is 4.34. The molecule has 0 aromatic carbocycles. The van der Waals surface area contributed by atoms with Crippen molar-refractivity contribution in [1.82, 2.24) is 0 Å². The summed E-state index contributed by atoms with van der Waals surface area (Å²) in [5.74, 6) is 0.